The molecule has 0 radical (unpaired) electrons. The molecule has 3 amide bonds. The van der Waals surface area contributed by atoms with Crippen LogP contribution in [0.3, 0.4) is 0 Å². The number of hydrogen-bond acceptors (Lipinski definition) is 3. The second-order valence-electron chi connectivity index (χ2n) is 4.14. The Kier molecular flexibility index (Phi) is 4.33. The molecule has 7 nitrogen and oxygen atoms in total. The van der Waals surface area contributed by atoms with E-state index in [0.717, 1.165) is 17.0 Å². The van der Waals surface area contributed by atoms with Crippen molar-refractivity contribution < 1.29 is 9.59 Å². The van der Waals surface area contributed by atoms with Crippen molar-refractivity contribution in [1.29, 1.82) is 0 Å². The van der Waals surface area contributed by atoms with Gasteiger partial charge in [-0.2, -0.15) is 5.10 Å². The number of rotatable bonds is 5. The van der Waals surface area contributed by atoms with Crippen molar-refractivity contribution in [2.24, 2.45) is 5.73 Å². The van der Waals surface area contributed by atoms with Crippen LogP contribution in [-0.2, 0) is 11.3 Å². The number of nitrogens with two attached hydrogens (primary N) is 1. The first-order valence-electron chi connectivity index (χ1n) is 6.05. The minimum absolute atomic E-state index is 0.144. The molecule has 5 N–H and O–H groups in total. The Morgan fingerprint density at radius 3 is 2.65 bits per heavy atom. The van der Waals surface area contributed by atoms with Crippen molar-refractivity contribution in [3.8, 4) is 11.3 Å². The van der Waals surface area contributed by atoms with Gasteiger partial charge in [0.2, 0.25) is 5.91 Å². The number of aromatic amines is 1. The minimum Gasteiger partial charge on any atom is -0.352 e. The smallest absolute Gasteiger partial charge is 0.312 e. The van der Waals surface area contributed by atoms with Crippen molar-refractivity contribution in [3.05, 3.63) is 42.1 Å². The van der Waals surface area contributed by atoms with Crippen LogP contribution in [-0.4, -0.2) is 28.7 Å². The summed E-state index contributed by atoms with van der Waals surface area (Å²) in [4.78, 5) is 21.8. The number of carbonyl (C=O) groups excluding carboxylic acids is 2. The summed E-state index contributed by atoms with van der Waals surface area (Å²) in [6, 6.07) is 10.8. The summed E-state index contributed by atoms with van der Waals surface area (Å²) in [5.41, 5.74) is 7.45. The maximum absolute atomic E-state index is 11.4. The van der Waals surface area contributed by atoms with Crippen molar-refractivity contribution in [1.82, 2.24) is 20.8 Å². The highest BCUT2D eigenvalue weighted by molar-refractivity contribution is 5.83. The van der Waals surface area contributed by atoms with E-state index in [1.807, 2.05) is 36.4 Å². The van der Waals surface area contributed by atoms with Crippen LogP contribution in [0, 0.1) is 0 Å². The highest BCUT2D eigenvalue weighted by Gasteiger charge is 2.06. The largest absolute Gasteiger partial charge is 0.352 e. The van der Waals surface area contributed by atoms with E-state index in [9.17, 15) is 9.59 Å². The molecule has 7 heteroatoms. The van der Waals surface area contributed by atoms with Crippen LogP contribution in [0.25, 0.3) is 11.3 Å². The quantitative estimate of drug-likeness (QED) is 0.630. The standard InChI is InChI=1S/C13H15N5O2/c14-13(20)16-8-12(19)15-7-10-6-11(18-17-10)9-4-2-1-3-5-9/h1-6H,7-8H2,(H,15,19)(H,17,18)(H3,14,16,20). The van der Waals surface area contributed by atoms with Gasteiger partial charge in [-0.3, -0.25) is 9.89 Å². The van der Waals surface area contributed by atoms with E-state index in [0.29, 0.717) is 6.54 Å². The van der Waals surface area contributed by atoms with E-state index < -0.39 is 6.03 Å². The van der Waals surface area contributed by atoms with Crippen LogP contribution >= 0.6 is 0 Å². The van der Waals surface area contributed by atoms with E-state index >= 15 is 0 Å². The van der Waals surface area contributed by atoms with Crippen molar-refractivity contribution in [2.75, 3.05) is 6.54 Å². The number of primary amides is 1. The summed E-state index contributed by atoms with van der Waals surface area (Å²) in [7, 11) is 0. The maximum Gasteiger partial charge on any atom is 0.312 e. The van der Waals surface area contributed by atoms with Gasteiger partial charge in [0.05, 0.1) is 24.5 Å². The molecule has 1 heterocycles. The number of H-pyrrole nitrogens is 1. The molecule has 0 unspecified atom stereocenters. The van der Waals surface area contributed by atoms with E-state index in [2.05, 4.69) is 20.8 Å². The van der Waals surface area contributed by atoms with Gasteiger partial charge in [-0.05, 0) is 6.07 Å². The molecular formula is C13H15N5O2. The van der Waals surface area contributed by atoms with Gasteiger partial charge in [-0.25, -0.2) is 4.79 Å². The monoisotopic (exact) mass is 273 g/mol. The molecule has 0 saturated carbocycles. The average Bonchev–Trinajstić information content (AvgIpc) is 2.93. The summed E-state index contributed by atoms with van der Waals surface area (Å²) < 4.78 is 0. The Hall–Kier alpha value is -2.83. The molecule has 0 spiro atoms. The second-order valence-corrected chi connectivity index (χ2v) is 4.14. The first-order valence-corrected chi connectivity index (χ1v) is 6.05. The lowest BCUT2D eigenvalue weighted by Crippen LogP contribution is -2.39. The van der Waals surface area contributed by atoms with Gasteiger partial charge in [-0.1, -0.05) is 30.3 Å². The van der Waals surface area contributed by atoms with Gasteiger partial charge in [0.15, 0.2) is 0 Å². The molecule has 0 aliphatic carbocycles. The Balaban J connectivity index is 1.87. The molecule has 0 atom stereocenters. The first-order chi connectivity index (χ1) is 9.65. The highest BCUT2D eigenvalue weighted by atomic mass is 16.2. The highest BCUT2D eigenvalue weighted by Crippen LogP contribution is 2.16. The normalized spacial score (nSPS) is 10.0. The lowest BCUT2D eigenvalue weighted by atomic mass is 10.1. The Bertz CT molecular complexity index is 594. The Morgan fingerprint density at radius 2 is 1.95 bits per heavy atom. The summed E-state index contributed by atoms with van der Waals surface area (Å²) in [6.45, 7) is 0.161. The number of nitrogens with zero attached hydrogens (tertiary/aromatic N) is 1. The Morgan fingerprint density at radius 1 is 1.20 bits per heavy atom. The lowest BCUT2D eigenvalue weighted by molar-refractivity contribution is -0.120. The molecule has 0 aliphatic rings. The summed E-state index contributed by atoms with van der Waals surface area (Å²) in [6.07, 6.45) is 0. The van der Waals surface area contributed by atoms with Crippen LogP contribution in [0.1, 0.15) is 5.69 Å². The summed E-state index contributed by atoms with van der Waals surface area (Å²) in [5, 5.41) is 11.9. The van der Waals surface area contributed by atoms with Crippen LogP contribution in [0.4, 0.5) is 4.79 Å². The summed E-state index contributed by atoms with van der Waals surface area (Å²) in [5.74, 6) is -0.320. The zero-order valence-corrected chi connectivity index (χ0v) is 10.7. The molecule has 0 aliphatic heterocycles. The van der Waals surface area contributed by atoms with E-state index in [-0.39, 0.29) is 12.5 Å². The maximum atomic E-state index is 11.4. The van der Waals surface area contributed by atoms with Gasteiger partial charge in [0.1, 0.15) is 0 Å². The predicted octanol–water partition coefficient (Wildman–Crippen LogP) is 0.361. The van der Waals surface area contributed by atoms with Gasteiger partial charge < -0.3 is 16.4 Å². The predicted molar refractivity (Wildman–Crippen MR) is 73.5 cm³/mol. The molecule has 104 valence electrons. The van der Waals surface area contributed by atoms with Gasteiger partial charge in [0, 0.05) is 5.56 Å². The topological polar surface area (TPSA) is 113 Å². The molecular weight excluding hydrogens is 258 g/mol. The van der Waals surface area contributed by atoms with Gasteiger partial charge >= 0.3 is 6.03 Å². The van der Waals surface area contributed by atoms with Crippen molar-refractivity contribution in [2.45, 2.75) is 6.54 Å². The Labute approximate surface area is 115 Å². The van der Waals surface area contributed by atoms with Crippen LogP contribution in [0.2, 0.25) is 0 Å². The summed E-state index contributed by atoms with van der Waals surface area (Å²) >= 11 is 0. The molecule has 20 heavy (non-hydrogen) atoms. The fourth-order valence-electron chi connectivity index (χ4n) is 1.63. The van der Waals surface area contributed by atoms with E-state index in [1.165, 1.54) is 0 Å². The number of amides is 3. The fourth-order valence-corrected chi connectivity index (χ4v) is 1.63. The third-order valence-electron chi connectivity index (χ3n) is 2.60. The molecule has 0 fully saturated rings. The third kappa shape index (κ3) is 3.84. The number of nitrogens with one attached hydrogen (secondary N) is 3. The fraction of sp³-hybridized carbons (Fsp3) is 0.154. The van der Waals surface area contributed by atoms with E-state index in [4.69, 9.17) is 5.73 Å². The number of hydrogen-bond donors (Lipinski definition) is 4. The number of benzene rings is 1. The van der Waals surface area contributed by atoms with Crippen LogP contribution in [0.15, 0.2) is 36.4 Å². The zero-order valence-electron chi connectivity index (χ0n) is 10.7. The molecule has 2 aromatic rings. The third-order valence-corrected chi connectivity index (χ3v) is 2.60. The number of carbonyl (C=O) groups is 2. The van der Waals surface area contributed by atoms with E-state index in [1.54, 1.807) is 0 Å². The van der Waals surface area contributed by atoms with Crippen molar-refractivity contribution in [3.63, 3.8) is 0 Å². The lowest BCUT2D eigenvalue weighted by Gasteiger charge is -2.03. The molecule has 0 bridgehead atoms. The number of aromatic nitrogens is 2. The average molecular weight is 273 g/mol. The first kappa shape index (κ1) is 13.6. The SMILES string of the molecule is NC(=O)NCC(=O)NCc1cc(-c2ccccc2)n[nH]1. The van der Waals surface area contributed by atoms with Crippen LogP contribution < -0.4 is 16.4 Å². The minimum atomic E-state index is -0.729. The molecule has 1 aromatic carbocycles. The van der Waals surface area contributed by atoms with Crippen LogP contribution in [0.5, 0.6) is 0 Å². The molecule has 1 aromatic heterocycles. The second kappa shape index (κ2) is 6.37. The molecule has 2 rings (SSSR count). The number of urea groups is 1. The van der Waals surface area contributed by atoms with Crippen molar-refractivity contribution >= 4 is 11.9 Å². The zero-order chi connectivity index (χ0) is 14.4. The van der Waals surface area contributed by atoms with Gasteiger partial charge in [0.25, 0.3) is 0 Å². The van der Waals surface area contributed by atoms with Gasteiger partial charge in [-0.15, -0.1) is 0 Å². The molecule has 0 saturated heterocycles.